The molecule has 0 aliphatic carbocycles. The van der Waals surface area contributed by atoms with E-state index in [-0.39, 0.29) is 0 Å². The minimum Gasteiger partial charge on any atom is -0.0654 e. The normalized spacial score (nSPS) is 12.7. The van der Waals surface area contributed by atoms with Crippen molar-refractivity contribution in [2.24, 2.45) is 127 Å². The molecule has 0 aliphatic heterocycles. The van der Waals surface area contributed by atoms with Gasteiger partial charge in [-0.05, 0) is 146 Å². The second kappa shape index (κ2) is 103. The quantitative estimate of drug-likeness (QED) is 0.0630. The zero-order chi connectivity index (χ0) is 93.5. The Labute approximate surface area is 730 Å². The molecule has 0 aromatic heterocycles. The fraction of sp³-hybridized carbons (Fsp3) is 1.00. The van der Waals surface area contributed by atoms with Crippen molar-refractivity contribution < 1.29 is 0 Å². The zero-order valence-corrected chi connectivity index (χ0v) is 93.5. The summed E-state index contributed by atoms with van der Waals surface area (Å²) in [7, 11) is 0. The maximum atomic E-state index is 2.31. The van der Waals surface area contributed by atoms with Crippen molar-refractivity contribution in [2.45, 2.75) is 608 Å². The summed E-state index contributed by atoms with van der Waals surface area (Å²) < 4.78 is 0. The Balaban J connectivity index is -0.0000000627. The van der Waals surface area contributed by atoms with Crippen molar-refractivity contribution in [3.8, 4) is 0 Å². The van der Waals surface area contributed by atoms with Crippen LogP contribution in [0.15, 0.2) is 0 Å². The molecule has 0 N–H and O–H groups in total. The average Bonchev–Trinajstić information content (AvgIpc) is 0.944. The summed E-state index contributed by atoms with van der Waals surface area (Å²) in [6, 6.07) is 0. The SMILES string of the molecule is CC(C)C(C)(C)C.CC(C)C(C)(C)C.CC(C)CC(C)C.CCC(C)(C)CC.CCC(C)(C)CC.CCC(C)C(C)C.CCC(C)C(C)C.CCC(CC)CC.CCCC(C)(C)C.CCCC(C)(C)C.CCCC(C)CC.CCCC(C)CC.CCCCC(C)C.CCCCC(C)C.CCC[C@H](C)CC.CC[C@H](C)C(C)C. The first kappa shape index (κ1) is 150. The van der Waals surface area contributed by atoms with Gasteiger partial charge in [0.2, 0.25) is 0 Å². The predicted octanol–water partition coefficient (Wildman–Crippen LogP) is 44.5. The molecule has 0 rings (SSSR count). The van der Waals surface area contributed by atoms with E-state index >= 15 is 0 Å². The van der Waals surface area contributed by atoms with Gasteiger partial charge in [-0.2, -0.15) is 0 Å². The molecule has 0 aromatic carbocycles. The molecule has 0 aromatic rings. The van der Waals surface area contributed by atoms with E-state index in [1.807, 2.05) is 0 Å². The number of rotatable bonds is 32. The Morgan fingerprint density at radius 2 is 0.393 bits per heavy atom. The van der Waals surface area contributed by atoms with E-state index in [1.165, 1.54) is 193 Å². The smallest absolute Gasteiger partial charge is 0.0359 e. The molecule has 0 heteroatoms. The molecule has 0 heterocycles. The third-order valence-electron chi connectivity index (χ3n) is 24.0. The lowest BCUT2D eigenvalue weighted by atomic mass is 9.84. The van der Waals surface area contributed by atoms with E-state index < -0.39 is 0 Å². The molecule has 0 spiro atoms. The van der Waals surface area contributed by atoms with E-state index in [1.54, 1.807) is 0 Å². The lowest BCUT2D eigenvalue weighted by molar-refractivity contribution is 0.283. The lowest BCUT2D eigenvalue weighted by Gasteiger charge is -2.22. The fourth-order valence-electron chi connectivity index (χ4n) is 8.54. The summed E-state index contributed by atoms with van der Waals surface area (Å²) in [4.78, 5) is 0. The highest BCUT2D eigenvalue weighted by Gasteiger charge is 2.15. The molecule has 0 aliphatic rings. The number of hydrogen-bond donors (Lipinski definition) is 0. The monoisotopic (exact) mass is 1600 g/mol. The molecular formula is C112H256. The van der Waals surface area contributed by atoms with Crippen molar-refractivity contribution in [3.63, 3.8) is 0 Å². The molecule has 0 nitrogen and oxygen atoms in total. The van der Waals surface area contributed by atoms with Gasteiger partial charge in [-0.1, -0.05) is 589 Å². The van der Waals surface area contributed by atoms with E-state index in [4.69, 9.17) is 0 Å². The third kappa shape index (κ3) is 190. The van der Waals surface area contributed by atoms with Gasteiger partial charge in [-0.3, -0.25) is 0 Å². The number of unbranched alkanes of at least 4 members (excludes halogenated alkanes) is 2. The van der Waals surface area contributed by atoms with E-state index in [0.29, 0.717) is 32.5 Å². The van der Waals surface area contributed by atoms with E-state index in [2.05, 4.69) is 415 Å². The van der Waals surface area contributed by atoms with Crippen molar-refractivity contribution >= 4 is 0 Å². The minimum absolute atomic E-state index is 0.500. The van der Waals surface area contributed by atoms with Crippen LogP contribution in [-0.4, -0.2) is 0 Å². The molecule has 6 atom stereocenters. The van der Waals surface area contributed by atoms with Crippen LogP contribution in [0, 0.1) is 127 Å². The van der Waals surface area contributed by atoms with Crippen LogP contribution in [0.3, 0.4) is 0 Å². The topological polar surface area (TPSA) is 0 Å². The van der Waals surface area contributed by atoms with E-state index in [0.717, 1.165) is 94.7 Å². The van der Waals surface area contributed by atoms with Crippen LogP contribution < -0.4 is 0 Å². The highest BCUT2D eigenvalue weighted by Crippen LogP contribution is 2.27. The summed E-state index contributed by atoms with van der Waals surface area (Å²) >= 11 is 0. The van der Waals surface area contributed by atoms with Crippen molar-refractivity contribution in [3.05, 3.63) is 0 Å². The second-order valence-electron chi connectivity index (χ2n) is 44.4. The van der Waals surface area contributed by atoms with Gasteiger partial charge in [0.15, 0.2) is 0 Å². The van der Waals surface area contributed by atoms with Crippen molar-refractivity contribution in [1.29, 1.82) is 0 Å². The highest BCUT2D eigenvalue weighted by atomic mass is 14.2. The fourth-order valence-corrected chi connectivity index (χ4v) is 8.54. The van der Waals surface area contributed by atoms with Crippen LogP contribution in [0.2, 0.25) is 0 Å². The van der Waals surface area contributed by atoms with E-state index in [9.17, 15) is 0 Å². The molecular weight excluding hydrogens is 1350 g/mol. The summed E-state index contributed by atoms with van der Waals surface area (Å²) in [6.07, 6.45) is 40.4. The molecule has 704 valence electrons. The Morgan fingerprint density at radius 3 is 0.411 bits per heavy atom. The molecule has 4 unspecified atom stereocenters. The highest BCUT2D eigenvalue weighted by molar-refractivity contribution is 4.66. The van der Waals surface area contributed by atoms with Gasteiger partial charge in [0.05, 0.1) is 0 Å². The van der Waals surface area contributed by atoms with Crippen LogP contribution in [0.4, 0.5) is 0 Å². The van der Waals surface area contributed by atoms with Crippen LogP contribution in [0.25, 0.3) is 0 Å². The maximum Gasteiger partial charge on any atom is -0.0359 e. The van der Waals surface area contributed by atoms with Gasteiger partial charge in [-0.25, -0.2) is 0 Å². The summed E-state index contributed by atoms with van der Waals surface area (Å²) in [5.74, 6) is 14.3. The van der Waals surface area contributed by atoms with Gasteiger partial charge < -0.3 is 0 Å². The summed E-state index contributed by atoms with van der Waals surface area (Å²) in [5, 5.41) is 0. The molecule has 0 amide bonds. The van der Waals surface area contributed by atoms with Gasteiger partial charge >= 0.3 is 0 Å². The second-order valence-corrected chi connectivity index (χ2v) is 44.4. The Hall–Kier alpha value is 0. The summed E-state index contributed by atoms with van der Waals surface area (Å²) in [6.45, 7) is 136. The molecule has 0 radical (unpaired) electrons. The van der Waals surface area contributed by atoms with Gasteiger partial charge in [0, 0.05) is 0 Å². The van der Waals surface area contributed by atoms with Crippen LogP contribution in [0.5, 0.6) is 0 Å². The standard InChI is InChI=1S/16C7H16/c2*1-6(2)7(3,4)5;1-6(2)5-7(3)4;2*1-5-6-7(2,3)4;2*1-5-7(3,4)6-2;3*1-5-7(4)6(2)3;2*1-4-5-6-7(2)3;3*1-4-6-7(3)5-2;1-4-7(5-2)6-3/h2*6H,1-5H3;6-7H,5H2,1-4H3;4*5-6H2,1-4H3;3*6-7H,5H2,1-4H3;6*7H,4-6H2,1-3H3/t;;;;;;;7-;;;;;7-;;;/m.......0....1.../s1. The first-order chi connectivity index (χ1) is 50.7. The van der Waals surface area contributed by atoms with Gasteiger partial charge in [0.1, 0.15) is 0 Å². The molecule has 112 heavy (non-hydrogen) atoms. The van der Waals surface area contributed by atoms with Crippen LogP contribution in [0.1, 0.15) is 608 Å². The Kier molecular flexibility index (Phi) is 138. The first-order valence-electron chi connectivity index (χ1n) is 50.7. The summed E-state index contributed by atoms with van der Waals surface area (Å²) in [5.41, 5.74) is 3.27. The molecule has 0 saturated heterocycles. The predicted molar refractivity (Wildman–Crippen MR) is 549 cm³/mol. The Bertz CT molecular complexity index is 1330. The van der Waals surface area contributed by atoms with Crippen molar-refractivity contribution in [2.75, 3.05) is 0 Å². The van der Waals surface area contributed by atoms with Gasteiger partial charge in [-0.15, -0.1) is 0 Å². The Morgan fingerprint density at radius 1 is 0.205 bits per heavy atom. The third-order valence-corrected chi connectivity index (χ3v) is 24.0. The van der Waals surface area contributed by atoms with Crippen molar-refractivity contribution in [1.82, 2.24) is 0 Å². The maximum absolute atomic E-state index is 2.31. The van der Waals surface area contributed by atoms with Crippen LogP contribution in [-0.2, 0) is 0 Å². The van der Waals surface area contributed by atoms with Gasteiger partial charge in [0.25, 0.3) is 0 Å². The largest absolute Gasteiger partial charge is 0.0654 e. The molecule has 0 fully saturated rings. The molecule has 0 bridgehead atoms. The lowest BCUT2D eigenvalue weighted by Crippen LogP contribution is -2.12. The van der Waals surface area contributed by atoms with Crippen LogP contribution >= 0.6 is 0 Å². The molecule has 0 saturated carbocycles. The first-order valence-corrected chi connectivity index (χ1v) is 50.7. The average molecular weight is 1600 g/mol. The zero-order valence-electron chi connectivity index (χ0n) is 93.5. The minimum atomic E-state index is 0.500. The number of hydrogen-bond acceptors (Lipinski definition) is 0.